The lowest BCUT2D eigenvalue weighted by Gasteiger charge is -2.27. The van der Waals surface area contributed by atoms with Crippen molar-refractivity contribution in [3.8, 4) is 0 Å². The highest BCUT2D eigenvalue weighted by molar-refractivity contribution is 7.87. The molecule has 1 aliphatic carbocycles. The Bertz CT molecular complexity index is 556. The molecule has 1 heterocycles. The van der Waals surface area contributed by atoms with Crippen LogP contribution in [0.4, 0.5) is 0 Å². The molecule has 1 N–H and O–H groups in total. The second kappa shape index (κ2) is 3.46. The van der Waals surface area contributed by atoms with Gasteiger partial charge in [0.1, 0.15) is 0 Å². The van der Waals surface area contributed by atoms with Crippen molar-refractivity contribution < 1.29 is 17.8 Å². The molecule has 0 radical (unpaired) electrons. The van der Waals surface area contributed by atoms with Crippen LogP contribution < -0.4 is 0 Å². The van der Waals surface area contributed by atoms with E-state index in [-0.39, 0.29) is 12.0 Å². The summed E-state index contributed by atoms with van der Waals surface area (Å²) < 4.78 is 30.4. The number of hydrogen-bond acceptors (Lipinski definition) is 4. The smallest absolute Gasteiger partial charge is 0.285 e. The number of azo groups is 1. The Morgan fingerprint density at radius 2 is 2.12 bits per heavy atom. The molecular formula is C9H8N2O4S. The van der Waals surface area contributed by atoms with Gasteiger partial charge in [0.2, 0.25) is 0 Å². The van der Waals surface area contributed by atoms with Crippen molar-refractivity contribution in [3.63, 3.8) is 0 Å². The summed E-state index contributed by atoms with van der Waals surface area (Å²) in [5, 5.41) is 6.57. The van der Waals surface area contributed by atoms with Crippen LogP contribution in [-0.2, 0) is 14.9 Å². The maximum Gasteiger partial charge on any atom is 0.295 e. The lowest BCUT2D eigenvalue weighted by molar-refractivity contribution is -0.114. The zero-order valence-electron chi connectivity index (χ0n) is 8.07. The third kappa shape index (κ3) is 1.44. The molecule has 0 aromatic heterocycles. The molecule has 0 saturated carbocycles. The van der Waals surface area contributed by atoms with Gasteiger partial charge in [-0.1, -0.05) is 24.3 Å². The van der Waals surface area contributed by atoms with Crippen LogP contribution in [0.1, 0.15) is 6.42 Å². The van der Waals surface area contributed by atoms with Crippen LogP contribution in [-0.4, -0.2) is 23.6 Å². The quantitative estimate of drug-likeness (QED) is 0.728. The summed E-state index contributed by atoms with van der Waals surface area (Å²) in [5.41, 5.74) is -0.129. The Labute approximate surface area is 91.8 Å². The molecule has 2 aliphatic rings. The first-order valence-electron chi connectivity index (χ1n) is 4.45. The summed E-state index contributed by atoms with van der Waals surface area (Å²) in [6.45, 7) is 0. The predicted octanol–water partition coefficient (Wildman–Crippen LogP) is 1.01. The lowest BCUT2D eigenvalue weighted by atomic mass is 9.91. The molecule has 0 aromatic carbocycles. The second-order valence-corrected chi connectivity index (χ2v) is 5.10. The average molecular weight is 240 g/mol. The molecule has 7 heteroatoms. The molecule has 6 nitrogen and oxygen atoms in total. The van der Waals surface area contributed by atoms with Crippen LogP contribution in [0.15, 0.2) is 46.3 Å². The van der Waals surface area contributed by atoms with E-state index in [2.05, 4.69) is 10.2 Å². The van der Waals surface area contributed by atoms with Gasteiger partial charge in [0, 0.05) is 0 Å². The lowest BCUT2D eigenvalue weighted by Crippen LogP contribution is -2.40. The van der Waals surface area contributed by atoms with Crippen molar-refractivity contribution in [1.82, 2.24) is 0 Å². The van der Waals surface area contributed by atoms with E-state index >= 15 is 0 Å². The molecule has 1 aliphatic heterocycles. The fraction of sp³-hybridized carbons (Fsp3) is 0.222. The molecule has 1 amide bonds. The monoisotopic (exact) mass is 240 g/mol. The van der Waals surface area contributed by atoms with Gasteiger partial charge in [0.05, 0.1) is 11.8 Å². The number of rotatable bonds is 2. The minimum absolute atomic E-state index is 0.00898. The normalized spacial score (nSPS) is 28.6. The van der Waals surface area contributed by atoms with Gasteiger partial charge < -0.3 is 0 Å². The Morgan fingerprint density at radius 3 is 2.56 bits per heavy atom. The fourth-order valence-corrected chi connectivity index (χ4v) is 2.64. The number of hydrogen-bond donors (Lipinski definition) is 1. The number of carbonyl (C=O) groups is 1. The summed E-state index contributed by atoms with van der Waals surface area (Å²) in [6.07, 6.45) is 6.98. The van der Waals surface area contributed by atoms with E-state index in [1.54, 1.807) is 12.2 Å². The highest BCUT2D eigenvalue weighted by Gasteiger charge is 2.48. The molecule has 2 rings (SSSR count). The Balaban J connectivity index is 2.58. The van der Waals surface area contributed by atoms with E-state index in [0.29, 0.717) is 0 Å². The molecule has 16 heavy (non-hydrogen) atoms. The van der Waals surface area contributed by atoms with E-state index in [1.165, 1.54) is 12.2 Å². The number of amides is 1. The third-order valence-electron chi connectivity index (χ3n) is 2.52. The Hall–Kier alpha value is -1.60. The van der Waals surface area contributed by atoms with Crippen molar-refractivity contribution in [2.24, 2.45) is 10.2 Å². The number of nitrogens with zero attached hydrogens (tertiary/aromatic N) is 2. The van der Waals surface area contributed by atoms with E-state index in [1.807, 2.05) is 0 Å². The molecule has 84 valence electrons. The van der Waals surface area contributed by atoms with Gasteiger partial charge in [-0.25, -0.2) is 0 Å². The summed E-state index contributed by atoms with van der Waals surface area (Å²) in [6, 6.07) is 0. The maximum atomic E-state index is 11.4. The summed E-state index contributed by atoms with van der Waals surface area (Å²) in [5.74, 6) is -0.738. The fourth-order valence-electron chi connectivity index (χ4n) is 1.67. The minimum atomic E-state index is -4.45. The second-order valence-electron chi connectivity index (χ2n) is 3.42. The summed E-state index contributed by atoms with van der Waals surface area (Å²) >= 11 is 0. The Morgan fingerprint density at radius 1 is 1.38 bits per heavy atom. The van der Waals surface area contributed by atoms with Crippen molar-refractivity contribution in [2.45, 2.75) is 11.2 Å². The van der Waals surface area contributed by atoms with E-state index in [0.717, 1.165) is 6.20 Å². The van der Waals surface area contributed by atoms with Crippen LogP contribution in [0, 0.1) is 0 Å². The average Bonchev–Trinajstić information content (AvgIpc) is 2.64. The zero-order chi connectivity index (χ0) is 11.8. The van der Waals surface area contributed by atoms with Gasteiger partial charge >= 0.3 is 0 Å². The first-order chi connectivity index (χ1) is 7.47. The zero-order valence-corrected chi connectivity index (χ0v) is 8.88. The molecule has 1 unspecified atom stereocenters. The van der Waals surface area contributed by atoms with Crippen molar-refractivity contribution >= 4 is 16.0 Å². The van der Waals surface area contributed by atoms with E-state index in [9.17, 15) is 17.8 Å². The number of carbonyl (C=O) groups excluding carboxylic acids is 1. The van der Waals surface area contributed by atoms with E-state index < -0.39 is 20.8 Å². The van der Waals surface area contributed by atoms with Crippen LogP contribution in [0.25, 0.3) is 0 Å². The van der Waals surface area contributed by atoms with Gasteiger partial charge in [0.25, 0.3) is 16.0 Å². The summed E-state index contributed by atoms with van der Waals surface area (Å²) in [4.78, 5) is 11.4. The van der Waals surface area contributed by atoms with Crippen molar-refractivity contribution in [3.05, 3.63) is 36.1 Å². The van der Waals surface area contributed by atoms with Crippen molar-refractivity contribution in [2.75, 3.05) is 0 Å². The predicted molar refractivity (Wildman–Crippen MR) is 55.1 cm³/mol. The molecule has 0 bridgehead atoms. The SMILES string of the molecule is O=C1N=NC=C1C1(S(=O)(=O)O)C=CC=CC1. The van der Waals surface area contributed by atoms with Gasteiger partial charge in [-0.3, -0.25) is 9.35 Å². The topological polar surface area (TPSA) is 96.2 Å². The minimum Gasteiger partial charge on any atom is -0.285 e. The highest BCUT2D eigenvalue weighted by Crippen LogP contribution is 2.36. The van der Waals surface area contributed by atoms with Crippen LogP contribution >= 0.6 is 0 Å². The van der Waals surface area contributed by atoms with Gasteiger partial charge in [-0.05, 0) is 6.42 Å². The van der Waals surface area contributed by atoms with E-state index in [4.69, 9.17) is 0 Å². The highest BCUT2D eigenvalue weighted by atomic mass is 32.2. The Kier molecular flexibility index (Phi) is 2.36. The molecule has 0 fully saturated rings. The first-order valence-corrected chi connectivity index (χ1v) is 5.89. The molecule has 0 aromatic rings. The first kappa shape index (κ1) is 10.9. The van der Waals surface area contributed by atoms with Gasteiger partial charge in [0.15, 0.2) is 4.75 Å². The maximum absolute atomic E-state index is 11.4. The molecule has 0 spiro atoms. The van der Waals surface area contributed by atoms with Gasteiger partial charge in [-0.15, -0.1) is 5.11 Å². The third-order valence-corrected chi connectivity index (χ3v) is 3.96. The number of allylic oxidation sites excluding steroid dienone is 3. The molecule has 1 atom stereocenters. The van der Waals surface area contributed by atoms with Gasteiger partial charge in [-0.2, -0.15) is 13.5 Å². The summed E-state index contributed by atoms with van der Waals surface area (Å²) in [7, 11) is -4.45. The van der Waals surface area contributed by atoms with Crippen LogP contribution in [0.5, 0.6) is 0 Å². The van der Waals surface area contributed by atoms with Crippen LogP contribution in [0.2, 0.25) is 0 Å². The van der Waals surface area contributed by atoms with Crippen molar-refractivity contribution in [1.29, 1.82) is 0 Å². The largest absolute Gasteiger partial charge is 0.295 e. The van der Waals surface area contributed by atoms with Crippen LogP contribution in [0.3, 0.4) is 0 Å². The molecule has 0 saturated heterocycles. The standard InChI is InChI=1S/C9H8N2O4S/c12-8-7(6-10-11-8)9(16(13,14)15)4-2-1-3-5-9/h1-4,6H,5H2,(H,13,14,15). The molecular weight excluding hydrogens is 232 g/mol.